The van der Waals surface area contributed by atoms with E-state index >= 15 is 0 Å². The first-order valence-electron chi connectivity index (χ1n) is 4.59. The topological polar surface area (TPSA) is 63.6 Å². The number of esters is 1. The van der Waals surface area contributed by atoms with Crippen LogP contribution in [-0.2, 0) is 9.53 Å². The van der Waals surface area contributed by atoms with E-state index in [9.17, 15) is 9.59 Å². The fourth-order valence-electron chi connectivity index (χ4n) is 1.07. The van der Waals surface area contributed by atoms with Gasteiger partial charge in [0.25, 0.3) is 0 Å². The molecular formula is C11H12O4. The van der Waals surface area contributed by atoms with E-state index in [2.05, 4.69) is 4.74 Å². The van der Waals surface area contributed by atoms with Crippen molar-refractivity contribution in [3.05, 3.63) is 35.9 Å². The summed E-state index contributed by atoms with van der Waals surface area (Å²) in [5.74, 6) is -0.892. The summed E-state index contributed by atoms with van der Waals surface area (Å²) in [5, 5.41) is 8.40. The van der Waals surface area contributed by atoms with E-state index in [-0.39, 0.29) is 25.4 Å². The highest BCUT2D eigenvalue weighted by atomic mass is 16.5. The molecule has 0 amide bonds. The minimum Gasteiger partial charge on any atom is -0.463 e. The van der Waals surface area contributed by atoms with Crippen LogP contribution in [-0.4, -0.2) is 30.1 Å². The van der Waals surface area contributed by atoms with Crippen molar-refractivity contribution in [2.75, 3.05) is 13.2 Å². The lowest BCUT2D eigenvalue weighted by atomic mass is 10.1. The van der Waals surface area contributed by atoms with Gasteiger partial charge in [-0.25, -0.2) is 0 Å². The van der Waals surface area contributed by atoms with Crippen molar-refractivity contribution >= 4 is 11.8 Å². The Hall–Kier alpha value is -1.68. The lowest BCUT2D eigenvalue weighted by molar-refractivity contribution is -0.143. The first-order valence-corrected chi connectivity index (χ1v) is 4.59. The fraction of sp³-hybridized carbons (Fsp3) is 0.273. The third kappa shape index (κ3) is 3.91. The van der Waals surface area contributed by atoms with Crippen molar-refractivity contribution in [2.24, 2.45) is 0 Å². The number of rotatable bonds is 5. The van der Waals surface area contributed by atoms with Crippen LogP contribution in [0.15, 0.2) is 30.3 Å². The SMILES string of the molecule is O=C(CC(=O)c1ccccc1)OCCO. The normalized spacial score (nSPS) is 9.67. The number of ketones is 1. The Labute approximate surface area is 87.5 Å². The molecule has 0 fully saturated rings. The molecule has 0 aromatic heterocycles. The molecule has 0 saturated carbocycles. The van der Waals surface area contributed by atoms with Crippen molar-refractivity contribution in [2.45, 2.75) is 6.42 Å². The average Bonchev–Trinajstić information content (AvgIpc) is 2.27. The molecule has 15 heavy (non-hydrogen) atoms. The van der Waals surface area contributed by atoms with Crippen LogP contribution in [0.25, 0.3) is 0 Å². The van der Waals surface area contributed by atoms with Crippen LogP contribution in [0.3, 0.4) is 0 Å². The highest BCUT2D eigenvalue weighted by Crippen LogP contribution is 2.03. The van der Waals surface area contributed by atoms with Gasteiger partial charge in [-0.05, 0) is 0 Å². The van der Waals surface area contributed by atoms with E-state index in [1.54, 1.807) is 30.3 Å². The van der Waals surface area contributed by atoms with Gasteiger partial charge in [0, 0.05) is 5.56 Å². The zero-order valence-corrected chi connectivity index (χ0v) is 8.18. The Morgan fingerprint density at radius 3 is 2.47 bits per heavy atom. The monoisotopic (exact) mass is 208 g/mol. The van der Waals surface area contributed by atoms with Crippen LogP contribution in [0.2, 0.25) is 0 Å². The number of carbonyl (C=O) groups excluding carboxylic acids is 2. The van der Waals surface area contributed by atoms with E-state index in [1.807, 2.05) is 0 Å². The minimum atomic E-state index is -0.613. The van der Waals surface area contributed by atoms with E-state index < -0.39 is 5.97 Å². The van der Waals surface area contributed by atoms with Gasteiger partial charge in [-0.15, -0.1) is 0 Å². The molecule has 0 spiro atoms. The van der Waals surface area contributed by atoms with E-state index in [0.717, 1.165) is 0 Å². The average molecular weight is 208 g/mol. The minimum absolute atomic E-state index is 0.0685. The fourth-order valence-corrected chi connectivity index (χ4v) is 1.07. The lowest BCUT2D eigenvalue weighted by Crippen LogP contribution is -2.13. The summed E-state index contributed by atoms with van der Waals surface area (Å²) in [6.07, 6.45) is -0.288. The van der Waals surface area contributed by atoms with Crippen molar-refractivity contribution < 1.29 is 19.4 Å². The first kappa shape index (κ1) is 11.4. The summed E-state index contributed by atoms with van der Waals surface area (Å²) in [4.78, 5) is 22.5. The summed E-state index contributed by atoms with van der Waals surface area (Å²) < 4.78 is 4.57. The molecule has 0 heterocycles. The van der Waals surface area contributed by atoms with Crippen molar-refractivity contribution in [3.63, 3.8) is 0 Å². The number of Topliss-reactive ketones (excluding diaryl/α,β-unsaturated/α-hetero) is 1. The Balaban J connectivity index is 2.46. The second kappa shape index (κ2) is 5.93. The number of carbonyl (C=O) groups is 2. The molecular weight excluding hydrogens is 196 g/mol. The summed E-state index contributed by atoms with van der Waals surface area (Å²) in [7, 11) is 0. The molecule has 0 radical (unpaired) electrons. The summed E-state index contributed by atoms with van der Waals surface area (Å²) in [6.45, 7) is -0.299. The van der Waals surface area contributed by atoms with Gasteiger partial charge in [0.15, 0.2) is 5.78 Å². The van der Waals surface area contributed by atoms with Gasteiger partial charge in [0.1, 0.15) is 13.0 Å². The summed E-state index contributed by atoms with van der Waals surface area (Å²) >= 11 is 0. The molecule has 0 saturated heterocycles. The molecule has 4 nitrogen and oxygen atoms in total. The van der Waals surface area contributed by atoms with Gasteiger partial charge < -0.3 is 9.84 Å². The molecule has 0 atom stereocenters. The third-order valence-electron chi connectivity index (χ3n) is 1.75. The van der Waals surface area contributed by atoms with Crippen LogP contribution in [0.1, 0.15) is 16.8 Å². The maximum Gasteiger partial charge on any atom is 0.313 e. The Kier molecular flexibility index (Phi) is 4.50. The van der Waals surface area contributed by atoms with Crippen molar-refractivity contribution in [3.8, 4) is 0 Å². The predicted molar refractivity (Wildman–Crippen MR) is 53.4 cm³/mol. The van der Waals surface area contributed by atoms with Gasteiger partial charge >= 0.3 is 5.97 Å². The molecule has 1 aromatic carbocycles. The second-order valence-corrected chi connectivity index (χ2v) is 2.91. The number of benzene rings is 1. The lowest BCUT2D eigenvalue weighted by Gasteiger charge is -2.02. The second-order valence-electron chi connectivity index (χ2n) is 2.91. The first-order chi connectivity index (χ1) is 7.24. The molecule has 0 aliphatic carbocycles. The number of aliphatic hydroxyl groups excluding tert-OH is 1. The third-order valence-corrected chi connectivity index (χ3v) is 1.75. The quantitative estimate of drug-likeness (QED) is 0.441. The Bertz CT molecular complexity index is 332. The van der Waals surface area contributed by atoms with E-state index in [4.69, 9.17) is 5.11 Å². The van der Waals surface area contributed by atoms with Gasteiger partial charge in [0.05, 0.1) is 6.61 Å². The van der Waals surface area contributed by atoms with E-state index in [1.165, 1.54) is 0 Å². The maximum atomic E-state index is 11.5. The van der Waals surface area contributed by atoms with E-state index in [0.29, 0.717) is 5.56 Å². The number of ether oxygens (including phenoxy) is 1. The molecule has 0 bridgehead atoms. The largest absolute Gasteiger partial charge is 0.463 e. The molecule has 4 heteroatoms. The number of aliphatic hydroxyl groups is 1. The molecule has 80 valence electrons. The molecule has 0 aliphatic heterocycles. The maximum absolute atomic E-state index is 11.5. The molecule has 1 aromatic rings. The van der Waals surface area contributed by atoms with Crippen LogP contribution < -0.4 is 0 Å². The van der Waals surface area contributed by atoms with Crippen LogP contribution in [0.5, 0.6) is 0 Å². The summed E-state index contributed by atoms with van der Waals surface area (Å²) in [5.41, 5.74) is 0.485. The van der Waals surface area contributed by atoms with Crippen LogP contribution in [0, 0.1) is 0 Å². The number of hydrogen-bond donors (Lipinski definition) is 1. The summed E-state index contributed by atoms with van der Waals surface area (Å²) in [6, 6.07) is 8.53. The smallest absolute Gasteiger partial charge is 0.313 e. The van der Waals surface area contributed by atoms with Gasteiger partial charge in [-0.2, -0.15) is 0 Å². The Morgan fingerprint density at radius 1 is 1.20 bits per heavy atom. The van der Waals surface area contributed by atoms with Crippen molar-refractivity contribution in [1.82, 2.24) is 0 Å². The molecule has 1 N–H and O–H groups in total. The number of hydrogen-bond acceptors (Lipinski definition) is 4. The molecule has 1 rings (SSSR count). The molecule has 0 aliphatic rings. The standard InChI is InChI=1S/C11H12O4/c12-6-7-15-11(14)8-10(13)9-4-2-1-3-5-9/h1-5,12H,6-8H2. The molecule has 0 unspecified atom stereocenters. The zero-order chi connectivity index (χ0) is 11.1. The zero-order valence-electron chi connectivity index (χ0n) is 8.18. The van der Waals surface area contributed by atoms with Crippen LogP contribution in [0.4, 0.5) is 0 Å². The van der Waals surface area contributed by atoms with Gasteiger partial charge in [-0.3, -0.25) is 9.59 Å². The predicted octanol–water partition coefficient (Wildman–Crippen LogP) is 0.795. The highest BCUT2D eigenvalue weighted by Gasteiger charge is 2.11. The Morgan fingerprint density at radius 2 is 1.87 bits per heavy atom. The van der Waals surface area contributed by atoms with Gasteiger partial charge in [0.2, 0.25) is 0 Å². The highest BCUT2D eigenvalue weighted by molar-refractivity contribution is 6.05. The van der Waals surface area contributed by atoms with Crippen LogP contribution >= 0.6 is 0 Å². The van der Waals surface area contributed by atoms with Gasteiger partial charge in [-0.1, -0.05) is 30.3 Å². The van der Waals surface area contributed by atoms with Crippen molar-refractivity contribution in [1.29, 1.82) is 0 Å².